The number of hydrogen-bond acceptors (Lipinski definition) is 8. The van der Waals surface area contributed by atoms with Crippen LogP contribution in [0.2, 0.25) is 0 Å². The maximum absolute atomic E-state index is 15.5. The van der Waals surface area contributed by atoms with Crippen LogP contribution in [0.3, 0.4) is 0 Å². The fourth-order valence-corrected chi connectivity index (χ4v) is 5.65. The van der Waals surface area contributed by atoms with Crippen LogP contribution in [0.25, 0.3) is 11.0 Å². The third-order valence-electron chi connectivity index (χ3n) is 7.59. The van der Waals surface area contributed by atoms with Crippen molar-refractivity contribution in [3.8, 4) is 5.75 Å². The Morgan fingerprint density at radius 1 is 1.19 bits per heavy atom. The monoisotopic (exact) mass is 604 g/mol. The number of benzene rings is 2. The van der Waals surface area contributed by atoms with Crippen molar-refractivity contribution < 1.29 is 31.9 Å². The van der Waals surface area contributed by atoms with E-state index in [1.807, 2.05) is 0 Å². The first-order valence-electron chi connectivity index (χ1n) is 13.6. The van der Waals surface area contributed by atoms with Gasteiger partial charge in [-0.05, 0) is 75.0 Å². The Kier molecular flexibility index (Phi) is 9.26. The van der Waals surface area contributed by atoms with Gasteiger partial charge in [0.15, 0.2) is 5.82 Å². The van der Waals surface area contributed by atoms with Crippen LogP contribution >= 0.6 is 0 Å². The van der Waals surface area contributed by atoms with E-state index in [-0.39, 0.29) is 40.5 Å². The molecule has 3 N–H and O–H groups in total. The number of aliphatic hydroxyl groups is 1. The number of rotatable bonds is 9. The molecule has 0 atom stereocenters. The second-order valence-corrected chi connectivity index (χ2v) is 12.9. The van der Waals surface area contributed by atoms with Crippen LogP contribution in [-0.4, -0.2) is 69.3 Å². The number of likely N-dealkylation sites (tertiary alicyclic amines) is 1. The molecule has 1 aliphatic rings. The summed E-state index contributed by atoms with van der Waals surface area (Å²) in [6.07, 6.45) is 0.801. The standard InChI is InChI=1S/C29H37FN4O7S/c1-29(2,37)19-11-13-34(14-12-19)17-23-21-10-9-20(40-28(36)33(4)5)16-25(21)41-27(35)22(23)15-18-7-6-8-24(26(18)30)32-42(38,39)31-3/h6-10,16,19,31-32,37H,11-15,17H2,1-5H3. The van der Waals surface area contributed by atoms with Gasteiger partial charge in [0.25, 0.3) is 10.2 Å². The fraction of sp³-hybridized carbons (Fsp3) is 0.448. The van der Waals surface area contributed by atoms with Crippen molar-refractivity contribution in [3.05, 3.63) is 69.3 Å². The molecule has 2 heterocycles. The lowest BCUT2D eigenvalue weighted by Gasteiger charge is -2.38. The van der Waals surface area contributed by atoms with E-state index < -0.39 is 33.3 Å². The normalized spacial score (nSPS) is 15.1. The van der Waals surface area contributed by atoms with Gasteiger partial charge in [-0.2, -0.15) is 8.42 Å². The van der Waals surface area contributed by atoms with Crippen molar-refractivity contribution in [3.63, 3.8) is 0 Å². The van der Waals surface area contributed by atoms with Gasteiger partial charge in [0.05, 0.1) is 11.3 Å². The van der Waals surface area contributed by atoms with Gasteiger partial charge in [0, 0.05) is 51.1 Å². The quantitative estimate of drug-likeness (QED) is 0.316. The van der Waals surface area contributed by atoms with Crippen molar-refractivity contribution in [2.75, 3.05) is 39.0 Å². The van der Waals surface area contributed by atoms with Crippen LogP contribution in [0.1, 0.15) is 43.4 Å². The third-order valence-corrected chi connectivity index (χ3v) is 8.62. The molecule has 13 heteroatoms. The molecular formula is C29H37FN4O7S. The van der Waals surface area contributed by atoms with Gasteiger partial charge in [-0.15, -0.1) is 0 Å². The lowest BCUT2D eigenvalue weighted by atomic mass is 9.83. The molecule has 4 rings (SSSR count). The molecular weight excluding hydrogens is 567 g/mol. The van der Waals surface area contributed by atoms with Crippen LogP contribution < -0.4 is 19.8 Å². The van der Waals surface area contributed by atoms with E-state index in [0.717, 1.165) is 12.8 Å². The molecule has 11 nitrogen and oxygen atoms in total. The van der Waals surface area contributed by atoms with Crippen molar-refractivity contribution >= 4 is 33.0 Å². The summed E-state index contributed by atoms with van der Waals surface area (Å²) in [5.74, 6) is -0.471. The van der Waals surface area contributed by atoms with Crippen molar-refractivity contribution in [2.45, 2.75) is 45.3 Å². The van der Waals surface area contributed by atoms with Gasteiger partial charge >= 0.3 is 11.7 Å². The Labute approximate surface area is 244 Å². The number of hydrogen-bond donors (Lipinski definition) is 3. The highest BCUT2D eigenvalue weighted by Crippen LogP contribution is 2.32. The number of anilines is 1. The van der Waals surface area contributed by atoms with Gasteiger partial charge in [-0.1, -0.05) is 12.1 Å². The summed E-state index contributed by atoms with van der Waals surface area (Å²) in [6, 6.07) is 9.05. The molecule has 0 saturated carbocycles. The third kappa shape index (κ3) is 7.27. The first kappa shape index (κ1) is 31.4. The number of amides is 1. The van der Waals surface area contributed by atoms with E-state index in [9.17, 15) is 23.1 Å². The van der Waals surface area contributed by atoms with Crippen molar-refractivity contribution in [1.29, 1.82) is 0 Å². The molecule has 1 aromatic heterocycles. The summed E-state index contributed by atoms with van der Waals surface area (Å²) in [7, 11) is 0.333. The average molecular weight is 605 g/mol. The first-order valence-corrected chi connectivity index (χ1v) is 15.1. The molecule has 1 saturated heterocycles. The van der Waals surface area contributed by atoms with Crippen LogP contribution in [-0.2, 0) is 23.2 Å². The molecule has 0 bridgehead atoms. The zero-order valence-electron chi connectivity index (χ0n) is 24.4. The molecule has 42 heavy (non-hydrogen) atoms. The van der Waals surface area contributed by atoms with E-state index >= 15 is 4.39 Å². The predicted octanol–water partition coefficient (Wildman–Crippen LogP) is 3.44. The molecule has 0 radical (unpaired) electrons. The van der Waals surface area contributed by atoms with Crippen LogP contribution in [0, 0.1) is 11.7 Å². The average Bonchev–Trinajstić information content (AvgIpc) is 2.92. The smallest absolute Gasteiger partial charge is 0.414 e. The van der Waals surface area contributed by atoms with E-state index in [1.165, 1.54) is 36.2 Å². The maximum Gasteiger partial charge on any atom is 0.414 e. The van der Waals surface area contributed by atoms with Crippen LogP contribution in [0.5, 0.6) is 5.75 Å². The van der Waals surface area contributed by atoms with Crippen molar-refractivity contribution in [2.24, 2.45) is 5.92 Å². The summed E-state index contributed by atoms with van der Waals surface area (Å²) in [5, 5.41) is 11.1. The summed E-state index contributed by atoms with van der Waals surface area (Å²) >= 11 is 0. The van der Waals surface area contributed by atoms with E-state index in [0.29, 0.717) is 30.6 Å². The molecule has 3 aromatic rings. The zero-order chi connectivity index (χ0) is 30.8. The number of halogens is 1. The Hall–Kier alpha value is -3.52. The predicted molar refractivity (Wildman–Crippen MR) is 157 cm³/mol. The number of nitrogens with one attached hydrogen (secondary N) is 2. The van der Waals surface area contributed by atoms with E-state index in [4.69, 9.17) is 9.15 Å². The van der Waals surface area contributed by atoms with Gasteiger partial charge in [0.2, 0.25) is 0 Å². The highest BCUT2D eigenvalue weighted by atomic mass is 32.2. The van der Waals surface area contributed by atoms with Crippen LogP contribution in [0.4, 0.5) is 14.9 Å². The highest BCUT2D eigenvalue weighted by Gasteiger charge is 2.31. The first-order chi connectivity index (χ1) is 19.7. The minimum atomic E-state index is -3.97. The van der Waals surface area contributed by atoms with Crippen molar-refractivity contribution in [1.82, 2.24) is 14.5 Å². The lowest BCUT2D eigenvalue weighted by molar-refractivity contribution is -0.0136. The van der Waals surface area contributed by atoms with Gasteiger partial charge in [-0.3, -0.25) is 9.62 Å². The summed E-state index contributed by atoms with van der Waals surface area (Å²) in [5.41, 5.74) is -0.543. The largest absolute Gasteiger partial charge is 0.422 e. The number of carbonyl (C=O) groups is 1. The lowest BCUT2D eigenvalue weighted by Crippen LogP contribution is -2.41. The molecule has 0 unspecified atom stereocenters. The Morgan fingerprint density at radius 3 is 2.50 bits per heavy atom. The van der Waals surface area contributed by atoms with Gasteiger partial charge < -0.3 is 19.2 Å². The van der Waals surface area contributed by atoms with E-state index in [2.05, 4.69) is 14.3 Å². The van der Waals surface area contributed by atoms with Gasteiger partial charge in [0.1, 0.15) is 11.3 Å². The topological polar surface area (TPSA) is 141 Å². The second kappa shape index (κ2) is 12.4. The number of piperidine rings is 1. The highest BCUT2D eigenvalue weighted by molar-refractivity contribution is 7.90. The second-order valence-electron chi connectivity index (χ2n) is 11.2. The molecule has 1 fully saturated rings. The summed E-state index contributed by atoms with van der Waals surface area (Å²) in [4.78, 5) is 28.9. The van der Waals surface area contributed by atoms with Gasteiger partial charge in [-0.25, -0.2) is 18.7 Å². The molecule has 1 aliphatic heterocycles. The minimum absolute atomic E-state index is 0.108. The minimum Gasteiger partial charge on any atom is -0.422 e. The Balaban J connectivity index is 1.75. The fourth-order valence-electron chi connectivity index (χ4n) is 5.10. The SMILES string of the molecule is CNS(=O)(=O)Nc1cccc(Cc2c(CN3CCC(C(C)(C)O)CC3)c3ccc(OC(=O)N(C)C)cc3oc2=O)c1F. The maximum atomic E-state index is 15.5. The number of nitrogens with zero attached hydrogens (tertiary/aromatic N) is 2. The molecule has 0 spiro atoms. The molecule has 0 aliphatic carbocycles. The number of fused-ring (bicyclic) bond motifs is 1. The van der Waals surface area contributed by atoms with Crippen LogP contribution in [0.15, 0.2) is 45.6 Å². The summed E-state index contributed by atoms with van der Waals surface area (Å²) in [6.45, 7) is 5.34. The zero-order valence-corrected chi connectivity index (χ0v) is 25.2. The summed E-state index contributed by atoms with van der Waals surface area (Å²) < 4.78 is 54.6. The molecule has 228 valence electrons. The Bertz CT molecular complexity index is 1630. The number of carbonyl (C=O) groups excluding carboxylic acids is 1. The molecule has 1 amide bonds. The molecule has 2 aromatic carbocycles. The number of ether oxygens (including phenoxy) is 1. The Morgan fingerprint density at radius 2 is 1.88 bits per heavy atom. The van der Waals surface area contributed by atoms with E-state index in [1.54, 1.807) is 40.1 Å².